The molecule has 1 aliphatic carbocycles. The van der Waals surface area contributed by atoms with Gasteiger partial charge in [-0.2, -0.15) is 0 Å². The minimum atomic E-state index is 0.276. The van der Waals surface area contributed by atoms with Gasteiger partial charge in [-0.3, -0.25) is 4.99 Å². The Balaban J connectivity index is 2.00. The molecule has 2 heterocycles. The third-order valence-electron chi connectivity index (χ3n) is 5.70. The number of hydrogen-bond acceptors (Lipinski definition) is 6. The summed E-state index contributed by atoms with van der Waals surface area (Å²) >= 11 is 0. The van der Waals surface area contributed by atoms with E-state index in [0.29, 0.717) is 29.1 Å². The van der Waals surface area contributed by atoms with E-state index in [4.69, 9.17) is 14.6 Å². The molecule has 1 fully saturated rings. The summed E-state index contributed by atoms with van der Waals surface area (Å²) in [5.74, 6) is 2.06. The van der Waals surface area contributed by atoms with E-state index in [-0.39, 0.29) is 11.8 Å². The van der Waals surface area contributed by atoms with Crippen molar-refractivity contribution in [1.29, 1.82) is 0 Å². The van der Waals surface area contributed by atoms with Gasteiger partial charge in [0.25, 0.3) is 0 Å². The number of hydrogen-bond donors (Lipinski definition) is 1. The summed E-state index contributed by atoms with van der Waals surface area (Å²) in [6, 6.07) is 0. The van der Waals surface area contributed by atoms with Gasteiger partial charge >= 0.3 is 0 Å². The van der Waals surface area contributed by atoms with Crippen molar-refractivity contribution < 1.29 is 8.83 Å². The maximum Gasteiger partial charge on any atom is 0.245 e. The monoisotopic (exact) mass is 410 g/mol. The zero-order valence-corrected chi connectivity index (χ0v) is 18.6. The van der Waals surface area contributed by atoms with Crippen LogP contribution in [0, 0.1) is 5.92 Å². The smallest absolute Gasteiger partial charge is 0.245 e. The highest BCUT2D eigenvalue weighted by Crippen LogP contribution is 2.34. The molecule has 2 N–H and O–H groups in total. The summed E-state index contributed by atoms with van der Waals surface area (Å²) in [5.41, 5.74) is 10.3. The number of aromatic nitrogens is 2. The SMILES string of the molecule is C=N/C(=C(\C=C(/N)c1nc(C(C)C)co1)CC1CCCCC1)c1nc(C(C)C)co1. The van der Waals surface area contributed by atoms with Crippen molar-refractivity contribution in [2.75, 3.05) is 0 Å². The molecular formula is C24H34N4O2. The molecule has 6 heteroatoms. The van der Waals surface area contributed by atoms with Crippen molar-refractivity contribution in [3.05, 3.63) is 47.3 Å². The van der Waals surface area contributed by atoms with Gasteiger partial charge in [-0.1, -0.05) is 59.8 Å². The molecule has 30 heavy (non-hydrogen) atoms. The van der Waals surface area contributed by atoms with Crippen molar-refractivity contribution in [3.63, 3.8) is 0 Å². The Hall–Kier alpha value is -2.63. The van der Waals surface area contributed by atoms with Crippen LogP contribution in [0.2, 0.25) is 0 Å². The van der Waals surface area contributed by atoms with Crippen LogP contribution >= 0.6 is 0 Å². The van der Waals surface area contributed by atoms with Gasteiger partial charge in [0.1, 0.15) is 18.2 Å². The van der Waals surface area contributed by atoms with Gasteiger partial charge in [0.15, 0.2) is 0 Å². The molecular weight excluding hydrogens is 376 g/mol. The number of nitrogens with two attached hydrogens (primary N) is 1. The molecule has 3 rings (SSSR count). The van der Waals surface area contributed by atoms with E-state index >= 15 is 0 Å². The highest BCUT2D eigenvalue weighted by molar-refractivity contribution is 5.72. The van der Waals surface area contributed by atoms with E-state index in [1.807, 2.05) is 6.08 Å². The molecule has 0 bridgehead atoms. The molecule has 162 valence electrons. The third kappa shape index (κ3) is 5.29. The molecule has 0 spiro atoms. The molecule has 0 unspecified atom stereocenters. The summed E-state index contributed by atoms with van der Waals surface area (Å²) in [7, 11) is 0. The first-order valence-corrected chi connectivity index (χ1v) is 11.0. The second-order valence-electron chi connectivity index (χ2n) is 8.80. The number of aliphatic imine (C=N–C) groups is 1. The highest BCUT2D eigenvalue weighted by Gasteiger charge is 2.21. The van der Waals surface area contributed by atoms with Crippen LogP contribution in [0.1, 0.15) is 101 Å². The lowest BCUT2D eigenvalue weighted by molar-refractivity contribution is 0.357. The first-order valence-electron chi connectivity index (χ1n) is 11.0. The van der Waals surface area contributed by atoms with Crippen LogP contribution < -0.4 is 5.73 Å². The average Bonchev–Trinajstić information content (AvgIpc) is 3.40. The van der Waals surface area contributed by atoms with Crippen LogP contribution in [0.4, 0.5) is 0 Å². The normalized spacial score (nSPS) is 16.9. The van der Waals surface area contributed by atoms with Crippen molar-refractivity contribution in [1.82, 2.24) is 9.97 Å². The topological polar surface area (TPSA) is 90.4 Å². The molecule has 2 aromatic rings. The summed E-state index contributed by atoms with van der Waals surface area (Å²) in [4.78, 5) is 13.5. The Bertz CT molecular complexity index is 911. The van der Waals surface area contributed by atoms with Gasteiger partial charge in [-0.05, 0) is 42.5 Å². The molecule has 1 aliphatic rings. The van der Waals surface area contributed by atoms with Crippen molar-refractivity contribution in [2.24, 2.45) is 16.6 Å². The van der Waals surface area contributed by atoms with Crippen molar-refractivity contribution in [2.45, 2.75) is 78.1 Å². The lowest BCUT2D eigenvalue weighted by Crippen LogP contribution is -2.08. The number of oxazole rings is 2. The first kappa shape index (κ1) is 22.1. The number of nitrogens with zero attached hydrogens (tertiary/aromatic N) is 3. The van der Waals surface area contributed by atoms with Gasteiger partial charge in [-0.25, -0.2) is 9.97 Å². The van der Waals surface area contributed by atoms with E-state index < -0.39 is 0 Å². The summed E-state index contributed by atoms with van der Waals surface area (Å²) in [6.07, 6.45) is 12.4. The van der Waals surface area contributed by atoms with Gasteiger partial charge in [0.05, 0.1) is 17.1 Å². The van der Waals surface area contributed by atoms with Crippen molar-refractivity contribution in [3.8, 4) is 0 Å². The highest BCUT2D eigenvalue weighted by atomic mass is 16.3. The Morgan fingerprint density at radius 2 is 1.63 bits per heavy atom. The molecule has 0 saturated heterocycles. The second kappa shape index (κ2) is 9.92. The van der Waals surface area contributed by atoms with Gasteiger partial charge < -0.3 is 14.6 Å². The third-order valence-corrected chi connectivity index (χ3v) is 5.70. The molecule has 6 nitrogen and oxygen atoms in total. The maximum atomic E-state index is 6.40. The van der Waals surface area contributed by atoms with Gasteiger partial charge in [-0.15, -0.1) is 0 Å². The minimum Gasteiger partial charge on any atom is -0.443 e. The fourth-order valence-electron chi connectivity index (χ4n) is 3.83. The largest absolute Gasteiger partial charge is 0.443 e. The van der Waals surface area contributed by atoms with Crippen LogP contribution in [0.5, 0.6) is 0 Å². The fourth-order valence-corrected chi connectivity index (χ4v) is 3.83. The van der Waals surface area contributed by atoms with E-state index in [1.54, 1.807) is 12.5 Å². The fraction of sp³-hybridized carbons (Fsp3) is 0.542. The van der Waals surface area contributed by atoms with Crippen LogP contribution in [0.3, 0.4) is 0 Å². The minimum absolute atomic E-state index is 0.276. The molecule has 0 radical (unpaired) electrons. The quantitative estimate of drug-likeness (QED) is 0.408. The van der Waals surface area contributed by atoms with Crippen molar-refractivity contribution >= 4 is 18.1 Å². The molecule has 0 amide bonds. The maximum absolute atomic E-state index is 6.40. The van der Waals surface area contributed by atoms with Crippen LogP contribution in [0.25, 0.3) is 11.4 Å². The zero-order chi connectivity index (χ0) is 21.7. The van der Waals surface area contributed by atoms with Crippen LogP contribution in [-0.2, 0) is 0 Å². The zero-order valence-electron chi connectivity index (χ0n) is 18.6. The van der Waals surface area contributed by atoms with Gasteiger partial charge in [0.2, 0.25) is 11.8 Å². The lowest BCUT2D eigenvalue weighted by atomic mass is 9.84. The second-order valence-corrected chi connectivity index (χ2v) is 8.80. The Labute approximate surface area is 179 Å². The van der Waals surface area contributed by atoms with Gasteiger partial charge in [0, 0.05) is 0 Å². The molecule has 0 aromatic carbocycles. The number of rotatable bonds is 8. The van der Waals surface area contributed by atoms with Crippen LogP contribution in [0.15, 0.2) is 38.0 Å². The molecule has 0 aliphatic heterocycles. The molecule has 1 saturated carbocycles. The Morgan fingerprint density at radius 1 is 1.07 bits per heavy atom. The average molecular weight is 411 g/mol. The summed E-state index contributed by atoms with van der Waals surface area (Å²) in [5, 5.41) is 0. The predicted octanol–water partition coefficient (Wildman–Crippen LogP) is 6.29. The Morgan fingerprint density at radius 3 is 2.17 bits per heavy atom. The standard InChI is InChI=1S/C24H34N4O2/c1-15(2)20-13-29-23(27-20)19(25)12-18(11-17-9-7-6-8-10-17)22(26-5)24-28-21(14-30-24)16(3)4/h12-17H,5-11,25H2,1-4H3/b19-12-,22-18-. The Kier molecular flexibility index (Phi) is 7.29. The van der Waals surface area contributed by atoms with E-state index in [0.717, 1.165) is 23.4 Å². The molecule has 2 aromatic heterocycles. The van der Waals surface area contributed by atoms with E-state index in [1.165, 1.54) is 32.1 Å². The first-order chi connectivity index (χ1) is 14.4. The molecule has 0 atom stereocenters. The van der Waals surface area contributed by atoms with E-state index in [9.17, 15) is 0 Å². The number of allylic oxidation sites excluding steroid dienone is 2. The predicted molar refractivity (Wildman–Crippen MR) is 121 cm³/mol. The van der Waals surface area contributed by atoms with Crippen LogP contribution in [-0.4, -0.2) is 16.7 Å². The summed E-state index contributed by atoms with van der Waals surface area (Å²) in [6.45, 7) is 12.1. The van der Waals surface area contributed by atoms with E-state index in [2.05, 4.69) is 49.4 Å². The summed E-state index contributed by atoms with van der Waals surface area (Å²) < 4.78 is 11.4. The lowest BCUT2D eigenvalue weighted by Gasteiger charge is -2.22.